The highest BCUT2D eigenvalue weighted by molar-refractivity contribution is 5.78. The van der Waals surface area contributed by atoms with Crippen LogP contribution in [0.1, 0.15) is 0 Å². The van der Waals surface area contributed by atoms with Crippen LogP contribution in [0.25, 0.3) is 10.4 Å². The molecule has 7 nitrogen and oxygen atoms in total. The molecule has 0 aromatic heterocycles. The third kappa shape index (κ3) is 2.35. The first-order chi connectivity index (χ1) is 11.8. The van der Waals surface area contributed by atoms with Gasteiger partial charge in [-0.15, -0.1) is 0 Å². The van der Waals surface area contributed by atoms with E-state index in [4.69, 9.17) is 15.0 Å². The van der Waals surface area contributed by atoms with Crippen molar-refractivity contribution in [2.75, 3.05) is 18.1 Å². The number of hydrogen-bond donors (Lipinski definition) is 1. The lowest BCUT2D eigenvalue weighted by atomic mass is 9.98. The van der Waals surface area contributed by atoms with E-state index in [-0.39, 0.29) is 12.6 Å². The summed E-state index contributed by atoms with van der Waals surface area (Å²) < 4.78 is 11.6. The number of aliphatic hydroxyl groups is 1. The Labute approximate surface area is 138 Å². The minimum atomic E-state index is -0.839. The number of fused-ring (bicyclic) bond motifs is 2. The van der Waals surface area contributed by atoms with Crippen LogP contribution in [-0.2, 0) is 4.74 Å². The number of ether oxygens (including phenoxy) is 2. The monoisotopic (exact) mass is 324 g/mol. The van der Waals surface area contributed by atoms with Gasteiger partial charge in [-0.05, 0) is 29.8 Å². The lowest BCUT2D eigenvalue weighted by Gasteiger charge is -2.43. The summed E-state index contributed by atoms with van der Waals surface area (Å²) in [6, 6.07) is 14.3. The van der Waals surface area contributed by atoms with Crippen molar-refractivity contribution in [3.63, 3.8) is 0 Å². The van der Waals surface area contributed by atoms with Crippen molar-refractivity contribution in [3.05, 3.63) is 59.0 Å². The van der Waals surface area contributed by atoms with Gasteiger partial charge in [0.05, 0.1) is 42.8 Å². The minimum Gasteiger partial charge on any atom is -0.453 e. The lowest BCUT2D eigenvalue weighted by molar-refractivity contribution is -0.0193. The van der Waals surface area contributed by atoms with E-state index in [2.05, 4.69) is 10.0 Å². The second-order valence-electron chi connectivity index (χ2n) is 5.78. The number of aliphatic hydroxyl groups excluding tert-OH is 1. The van der Waals surface area contributed by atoms with E-state index < -0.39 is 12.1 Å². The number of rotatable bonds is 2. The van der Waals surface area contributed by atoms with Gasteiger partial charge in [0.1, 0.15) is 0 Å². The number of anilines is 2. The van der Waals surface area contributed by atoms with Crippen LogP contribution in [0.2, 0.25) is 0 Å². The SMILES string of the molecule is [N-]=[N+]=NC1COC[C@H](N2c3ccccc3Oc3ccccc32)[C@H]1O. The summed E-state index contributed by atoms with van der Waals surface area (Å²) in [5.74, 6) is 1.43. The van der Waals surface area contributed by atoms with Crippen LogP contribution in [0.15, 0.2) is 53.6 Å². The van der Waals surface area contributed by atoms with Crippen molar-refractivity contribution in [2.24, 2.45) is 5.11 Å². The van der Waals surface area contributed by atoms with Crippen molar-refractivity contribution >= 4 is 11.4 Å². The maximum atomic E-state index is 10.7. The molecule has 0 amide bonds. The highest BCUT2D eigenvalue weighted by Crippen LogP contribution is 2.48. The van der Waals surface area contributed by atoms with Gasteiger partial charge in [0, 0.05) is 4.91 Å². The van der Waals surface area contributed by atoms with Gasteiger partial charge in [-0.25, -0.2) is 0 Å². The van der Waals surface area contributed by atoms with Gasteiger partial charge in [0.2, 0.25) is 0 Å². The van der Waals surface area contributed by atoms with E-state index in [0.29, 0.717) is 18.1 Å². The molecule has 7 heteroatoms. The first-order valence-electron chi connectivity index (χ1n) is 7.75. The average molecular weight is 324 g/mol. The summed E-state index contributed by atoms with van der Waals surface area (Å²) in [6.45, 7) is 0.552. The minimum absolute atomic E-state index is 0.218. The molecule has 4 rings (SSSR count). The zero-order chi connectivity index (χ0) is 16.5. The Morgan fingerprint density at radius 1 is 1.04 bits per heavy atom. The van der Waals surface area contributed by atoms with E-state index in [0.717, 1.165) is 11.4 Å². The maximum Gasteiger partial charge on any atom is 0.151 e. The van der Waals surface area contributed by atoms with E-state index in [1.807, 2.05) is 53.4 Å². The largest absolute Gasteiger partial charge is 0.453 e. The molecular formula is C17H16N4O3. The van der Waals surface area contributed by atoms with Crippen LogP contribution >= 0.6 is 0 Å². The van der Waals surface area contributed by atoms with Gasteiger partial charge in [-0.2, -0.15) is 0 Å². The van der Waals surface area contributed by atoms with E-state index in [1.54, 1.807) is 0 Å². The molecule has 3 atom stereocenters. The summed E-state index contributed by atoms with van der Waals surface area (Å²) in [7, 11) is 0. The Bertz CT molecular complexity index is 760. The molecule has 2 heterocycles. The number of nitrogens with zero attached hydrogens (tertiary/aromatic N) is 4. The molecule has 1 saturated heterocycles. The van der Waals surface area contributed by atoms with Gasteiger partial charge < -0.3 is 19.5 Å². The fourth-order valence-electron chi connectivity index (χ4n) is 3.25. The number of azide groups is 1. The zero-order valence-electron chi connectivity index (χ0n) is 12.8. The second kappa shape index (κ2) is 6.05. The first kappa shape index (κ1) is 14.8. The van der Waals surface area contributed by atoms with Crippen molar-refractivity contribution in [1.29, 1.82) is 0 Å². The van der Waals surface area contributed by atoms with Gasteiger partial charge in [0.15, 0.2) is 11.5 Å². The van der Waals surface area contributed by atoms with Gasteiger partial charge in [-0.3, -0.25) is 0 Å². The van der Waals surface area contributed by atoms with E-state index in [9.17, 15) is 5.11 Å². The molecule has 1 unspecified atom stereocenters. The van der Waals surface area contributed by atoms with E-state index >= 15 is 0 Å². The van der Waals surface area contributed by atoms with E-state index in [1.165, 1.54) is 0 Å². The maximum absolute atomic E-state index is 10.7. The predicted molar refractivity (Wildman–Crippen MR) is 88.6 cm³/mol. The van der Waals surface area contributed by atoms with Gasteiger partial charge >= 0.3 is 0 Å². The number of hydrogen-bond acceptors (Lipinski definition) is 5. The smallest absolute Gasteiger partial charge is 0.151 e. The summed E-state index contributed by atoms with van der Waals surface area (Å²) in [5, 5.41) is 14.4. The third-order valence-corrected chi connectivity index (χ3v) is 4.37. The summed E-state index contributed by atoms with van der Waals surface area (Å²) >= 11 is 0. The molecular weight excluding hydrogens is 308 g/mol. The molecule has 2 aliphatic heterocycles. The van der Waals surface area contributed by atoms with Crippen molar-refractivity contribution in [2.45, 2.75) is 18.2 Å². The molecule has 1 N–H and O–H groups in total. The fourth-order valence-corrected chi connectivity index (χ4v) is 3.25. The van der Waals surface area contributed by atoms with Crippen LogP contribution < -0.4 is 9.64 Å². The summed E-state index contributed by atoms with van der Waals surface area (Å²) in [6.07, 6.45) is -0.839. The zero-order valence-corrected chi connectivity index (χ0v) is 12.8. The average Bonchev–Trinajstić information content (AvgIpc) is 2.62. The number of benzene rings is 2. The Morgan fingerprint density at radius 2 is 1.67 bits per heavy atom. The van der Waals surface area contributed by atoms with Crippen LogP contribution in [0, 0.1) is 0 Å². The standard InChI is InChI=1S/C17H16N4O3/c18-20-19-11-9-23-10-14(17(11)22)21-12-5-1-3-7-15(12)24-16-8-4-2-6-13(16)21/h1-8,11,14,17,22H,9-10H2/t11?,14-,17-/m0/s1. The lowest BCUT2D eigenvalue weighted by Crippen LogP contribution is -2.54. The highest BCUT2D eigenvalue weighted by Gasteiger charge is 2.39. The van der Waals surface area contributed by atoms with Crippen molar-refractivity contribution in [1.82, 2.24) is 0 Å². The molecule has 2 aromatic carbocycles. The number of para-hydroxylation sites is 4. The summed E-state index contributed by atoms with van der Waals surface area (Å²) in [5.41, 5.74) is 10.4. The van der Waals surface area contributed by atoms with Crippen molar-refractivity contribution < 1.29 is 14.6 Å². The Hall–Kier alpha value is -2.73. The van der Waals surface area contributed by atoms with Crippen LogP contribution in [0.3, 0.4) is 0 Å². The normalized spacial score (nSPS) is 25.0. The fraction of sp³-hybridized carbons (Fsp3) is 0.294. The van der Waals surface area contributed by atoms with Gasteiger partial charge in [0.25, 0.3) is 0 Å². The molecule has 0 spiro atoms. The molecule has 122 valence electrons. The molecule has 0 bridgehead atoms. The second-order valence-corrected chi connectivity index (χ2v) is 5.78. The molecule has 0 radical (unpaired) electrons. The third-order valence-electron chi connectivity index (χ3n) is 4.37. The Kier molecular flexibility index (Phi) is 3.74. The topological polar surface area (TPSA) is 90.7 Å². The highest BCUT2D eigenvalue weighted by atomic mass is 16.5. The van der Waals surface area contributed by atoms with Crippen LogP contribution in [-0.4, -0.2) is 36.5 Å². The molecule has 2 aromatic rings. The van der Waals surface area contributed by atoms with Crippen molar-refractivity contribution in [3.8, 4) is 11.5 Å². The molecule has 0 aliphatic carbocycles. The quantitative estimate of drug-likeness (QED) is 0.521. The van der Waals surface area contributed by atoms with Gasteiger partial charge in [-0.1, -0.05) is 29.4 Å². The molecule has 1 fully saturated rings. The van der Waals surface area contributed by atoms with Crippen LogP contribution in [0.5, 0.6) is 11.5 Å². The molecule has 24 heavy (non-hydrogen) atoms. The Balaban J connectivity index is 1.81. The summed E-state index contributed by atoms with van der Waals surface area (Å²) in [4.78, 5) is 4.83. The first-order valence-corrected chi connectivity index (χ1v) is 7.75. The molecule has 0 saturated carbocycles. The Morgan fingerprint density at radius 3 is 2.29 bits per heavy atom. The molecule has 2 aliphatic rings. The van der Waals surface area contributed by atoms with Crippen LogP contribution in [0.4, 0.5) is 11.4 Å². The predicted octanol–water partition coefficient (Wildman–Crippen LogP) is 3.37.